The number of rotatable bonds is 5. The van der Waals surface area contributed by atoms with Crippen molar-refractivity contribution in [1.82, 2.24) is 5.32 Å². The Balaban J connectivity index is 2.14. The van der Waals surface area contributed by atoms with Gasteiger partial charge in [-0.3, -0.25) is 0 Å². The Kier molecular flexibility index (Phi) is 5.91. The van der Waals surface area contributed by atoms with Crippen LogP contribution in [-0.2, 0) is 6.54 Å². The molecule has 0 aliphatic rings. The van der Waals surface area contributed by atoms with E-state index < -0.39 is 5.51 Å². The second kappa shape index (κ2) is 6.70. The summed E-state index contributed by atoms with van der Waals surface area (Å²) in [6.07, 6.45) is 0. The summed E-state index contributed by atoms with van der Waals surface area (Å²) in [4.78, 5) is 0. The van der Waals surface area contributed by atoms with Crippen molar-refractivity contribution in [2.45, 2.75) is 12.1 Å². The molecular weight excluding hydrogens is 350 g/mol. The fourth-order valence-electron chi connectivity index (χ4n) is 1.07. The highest BCUT2D eigenvalue weighted by molar-refractivity contribution is 14.1. The largest absolute Gasteiger partial charge is 0.441 e. The number of thioether (sulfide) groups is 1. The summed E-state index contributed by atoms with van der Waals surface area (Å²) in [6.45, 7) is 0.964. The highest BCUT2D eigenvalue weighted by Gasteiger charge is 2.27. The molecule has 0 radical (unpaired) electrons. The first-order chi connectivity index (χ1) is 7.47. The first-order valence-corrected chi connectivity index (χ1v) is 6.70. The van der Waals surface area contributed by atoms with Crippen molar-refractivity contribution in [2.75, 3.05) is 12.3 Å². The molecule has 0 bridgehead atoms. The van der Waals surface area contributed by atoms with Gasteiger partial charge in [0.15, 0.2) is 0 Å². The second-order valence-electron chi connectivity index (χ2n) is 3.10. The van der Waals surface area contributed by atoms with Gasteiger partial charge in [0.2, 0.25) is 0 Å². The molecule has 0 aliphatic carbocycles. The highest BCUT2D eigenvalue weighted by Crippen LogP contribution is 2.29. The van der Waals surface area contributed by atoms with Crippen LogP contribution < -0.4 is 5.32 Å². The smallest absolute Gasteiger partial charge is 0.312 e. The Bertz CT molecular complexity index is 313. The van der Waals surface area contributed by atoms with Crippen molar-refractivity contribution in [3.8, 4) is 0 Å². The lowest BCUT2D eigenvalue weighted by Crippen LogP contribution is -2.18. The summed E-state index contributed by atoms with van der Waals surface area (Å²) in [5.74, 6) is 0.0495. The molecule has 1 aromatic rings. The van der Waals surface area contributed by atoms with E-state index in [1.54, 1.807) is 0 Å². The predicted octanol–water partition coefficient (Wildman–Crippen LogP) is 3.63. The standard InChI is InChI=1S/C10H11F3INS/c11-10(12,13)16-6-5-15-7-8-1-3-9(14)4-2-8/h1-4,15H,5-7H2. The van der Waals surface area contributed by atoms with Crippen LogP contribution in [0.1, 0.15) is 5.56 Å². The minimum atomic E-state index is -4.12. The zero-order valence-corrected chi connectivity index (χ0v) is 11.3. The Morgan fingerprint density at radius 1 is 1.19 bits per heavy atom. The van der Waals surface area contributed by atoms with Crippen LogP contribution in [0.4, 0.5) is 13.2 Å². The van der Waals surface area contributed by atoms with E-state index in [4.69, 9.17) is 0 Å². The average Bonchev–Trinajstić information content (AvgIpc) is 2.19. The topological polar surface area (TPSA) is 12.0 Å². The molecule has 1 nitrogen and oxygen atoms in total. The van der Waals surface area contributed by atoms with Gasteiger partial charge in [-0.05, 0) is 52.0 Å². The molecule has 0 saturated carbocycles. The fourth-order valence-corrected chi connectivity index (χ4v) is 1.91. The molecule has 0 heterocycles. The van der Waals surface area contributed by atoms with Crippen LogP contribution in [0.2, 0.25) is 0 Å². The molecule has 0 spiro atoms. The quantitative estimate of drug-likeness (QED) is 0.635. The van der Waals surface area contributed by atoms with Gasteiger partial charge in [0.25, 0.3) is 0 Å². The lowest BCUT2D eigenvalue weighted by molar-refractivity contribution is -0.0327. The van der Waals surface area contributed by atoms with E-state index >= 15 is 0 Å². The Morgan fingerprint density at radius 2 is 1.81 bits per heavy atom. The van der Waals surface area contributed by atoms with E-state index in [0.717, 1.165) is 9.13 Å². The molecule has 0 aliphatic heterocycles. The van der Waals surface area contributed by atoms with Crippen LogP contribution in [0, 0.1) is 3.57 Å². The maximum Gasteiger partial charge on any atom is 0.441 e. The van der Waals surface area contributed by atoms with Crippen LogP contribution in [0.3, 0.4) is 0 Å². The summed E-state index contributed by atoms with van der Waals surface area (Å²) >= 11 is 2.21. The fraction of sp³-hybridized carbons (Fsp3) is 0.400. The van der Waals surface area contributed by atoms with Crippen molar-refractivity contribution in [2.24, 2.45) is 0 Å². The van der Waals surface area contributed by atoms with Crippen molar-refractivity contribution >= 4 is 34.4 Å². The normalized spacial score (nSPS) is 11.8. The van der Waals surface area contributed by atoms with Crippen LogP contribution in [0.5, 0.6) is 0 Å². The third-order valence-corrected chi connectivity index (χ3v) is 3.24. The maximum absolute atomic E-state index is 11.8. The third-order valence-electron chi connectivity index (χ3n) is 1.79. The van der Waals surface area contributed by atoms with E-state index in [1.807, 2.05) is 24.3 Å². The zero-order valence-electron chi connectivity index (χ0n) is 8.35. The minimum Gasteiger partial charge on any atom is -0.312 e. The molecule has 0 unspecified atom stereocenters. The second-order valence-corrected chi connectivity index (χ2v) is 5.50. The lowest BCUT2D eigenvalue weighted by Gasteiger charge is -2.07. The Labute approximate surface area is 110 Å². The Morgan fingerprint density at radius 3 is 2.38 bits per heavy atom. The SMILES string of the molecule is FC(F)(F)SCCNCc1ccc(I)cc1. The van der Waals surface area contributed by atoms with Gasteiger partial charge < -0.3 is 5.32 Å². The number of hydrogen-bond acceptors (Lipinski definition) is 2. The van der Waals surface area contributed by atoms with E-state index in [9.17, 15) is 13.2 Å². The highest BCUT2D eigenvalue weighted by atomic mass is 127. The van der Waals surface area contributed by atoms with Gasteiger partial charge in [0.05, 0.1) is 0 Å². The van der Waals surface area contributed by atoms with Gasteiger partial charge in [0.1, 0.15) is 0 Å². The summed E-state index contributed by atoms with van der Waals surface area (Å²) in [5.41, 5.74) is -3.04. The number of benzene rings is 1. The maximum atomic E-state index is 11.8. The predicted molar refractivity (Wildman–Crippen MR) is 69.4 cm³/mol. The molecule has 0 amide bonds. The van der Waals surface area contributed by atoms with Crippen LogP contribution in [0.25, 0.3) is 0 Å². The number of nitrogens with one attached hydrogen (secondary N) is 1. The van der Waals surface area contributed by atoms with Gasteiger partial charge in [-0.25, -0.2) is 0 Å². The van der Waals surface area contributed by atoms with Gasteiger partial charge in [-0.15, -0.1) is 0 Å². The number of hydrogen-bond donors (Lipinski definition) is 1. The van der Waals surface area contributed by atoms with Crippen molar-refractivity contribution in [1.29, 1.82) is 0 Å². The first-order valence-electron chi connectivity index (χ1n) is 4.63. The molecule has 1 N–H and O–H groups in total. The van der Waals surface area contributed by atoms with Gasteiger partial charge >= 0.3 is 5.51 Å². The molecule has 0 saturated heterocycles. The zero-order chi connectivity index (χ0) is 12.0. The molecule has 16 heavy (non-hydrogen) atoms. The van der Waals surface area contributed by atoms with E-state index in [-0.39, 0.29) is 17.5 Å². The summed E-state index contributed by atoms with van der Waals surface area (Å²) < 4.78 is 36.5. The van der Waals surface area contributed by atoms with Crippen LogP contribution >= 0.6 is 34.4 Å². The Hall–Kier alpha value is 0.0500. The van der Waals surface area contributed by atoms with Crippen molar-refractivity contribution in [3.63, 3.8) is 0 Å². The third kappa shape index (κ3) is 6.59. The van der Waals surface area contributed by atoms with E-state index in [2.05, 4.69) is 27.9 Å². The number of halogens is 4. The van der Waals surface area contributed by atoms with Gasteiger partial charge in [0, 0.05) is 22.4 Å². The molecule has 90 valence electrons. The van der Waals surface area contributed by atoms with E-state index in [1.165, 1.54) is 0 Å². The summed E-state index contributed by atoms with van der Waals surface area (Å²) in [7, 11) is 0. The molecular formula is C10H11F3INS. The van der Waals surface area contributed by atoms with Crippen molar-refractivity contribution in [3.05, 3.63) is 33.4 Å². The average molecular weight is 361 g/mol. The molecule has 0 aromatic heterocycles. The molecule has 0 atom stereocenters. The number of alkyl halides is 3. The lowest BCUT2D eigenvalue weighted by atomic mass is 10.2. The monoisotopic (exact) mass is 361 g/mol. The summed E-state index contributed by atoms with van der Waals surface area (Å²) in [5, 5.41) is 2.97. The molecule has 1 aromatic carbocycles. The molecule has 6 heteroatoms. The van der Waals surface area contributed by atoms with Crippen LogP contribution in [0.15, 0.2) is 24.3 Å². The first kappa shape index (κ1) is 14.1. The van der Waals surface area contributed by atoms with Crippen molar-refractivity contribution < 1.29 is 13.2 Å². The van der Waals surface area contributed by atoms with E-state index in [0.29, 0.717) is 13.1 Å². The molecule has 1 rings (SSSR count). The molecule has 0 fully saturated rings. The van der Waals surface area contributed by atoms with Gasteiger partial charge in [-0.1, -0.05) is 12.1 Å². The minimum absolute atomic E-state index is 0.00746. The van der Waals surface area contributed by atoms with Crippen LogP contribution in [-0.4, -0.2) is 17.8 Å². The van der Waals surface area contributed by atoms with Gasteiger partial charge in [-0.2, -0.15) is 13.2 Å². The summed E-state index contributed by atoms with van der Waals surface area (Å²) in [6, 6.07) is 7.88.